The Bertz CT molecular complexity index is 681. The summed E-state index contributed by atoms with van der Waals surface area (Å²) >= 11 is 0. The van der Waals surface area contributed by atoms with Gasteiger partial charge in [-0.2, -0.15) is 4.98 Å². The molecule has 2 heterocycles. The van der Waals surface area contributed by atoms with Gasteiger partial charge in [0.1, 0.15) is 6.33 Å². The largest absolute Gasteiger partial charge is 0.383 e. The second-order valence-electron chi connectivity index (χ2n) is 6.32. The number of anilines is 1. The van der Waals surface area contributed by atoms with E-state index < -0.39 is 0 Å². The quantitative estimate of drug-likeness (QED) is 0.839. The smallest absolute Gasteiger partial charge is 0.279 e. The van der Waals surface area contributed by atoms with Crippen molar-refractivity contribution in [2.45, 2.75) is 27.3 Å². The van der Waals surface area contributed by atoms with Gasteiger partial charge in [0, 0.05) is 27.2 Å². The van der Waals surface area contributed by atoms with Gasteiger partial charge in [0.05, 0.1) is 6.61 Å². The molecule has 0 unspecified atom stereocenters. The van der Waals surface area contributed by atoms with Crippen LogP contribution in [-0.2, 0) is 18.3 Å². The monoisotopic (exact) mass is 293 g/mol. The Kier molecular flexibility index (Phi) is 4.32. The first-order chi connectivity index (χ1) is 9.83. The highest BCUT2D eigenvalue weighted by molar-refractivity contribution is 5.73. The number of aromatic nitrogens is 4. The highest BCUT2D eigenvalue weighted by atomic mass is 16.5. The molecule has 0 bridgehead atoms. The van der Waals surface area contributed by atoms with Crippen molar-refractivity contribution in [3.05, 3.63) is 16.7 Å². The molecule has 7 heteroatoms. The van der Waals surface area contributed by atoms with Gasteiger partial charge in [0.2, 0.25) is 5.95 Å². The molecule has 0 saturated heterocycles. The lowest BCUT2D eigenvalue weighted by molar-refractivity contribution is 0.210. The summed E-state index contributed by atoms with van der Waals surface area (Å²) in [5, 5.41) is 3.14. The number of ether oxygens (including phenoxy) is 1. The summed E-state index contributed by atoms with van der Waals surface area (Å²) in [7, 11) is 3.46. The second-order valence-corrected chi connectivity index (χ2v) is 6.32. The van der Waals surface area contributed by atoms with E-state index in [-0.39, 0.29) is 11.0 Å². The van der Waals surface area contributed by atoms with Crippen molar-refractivity contribution in [3.8, 4) is 0 Å². The molecule has 2 aromatic heterocycles. The third kappa shape index (κ3) is 3.41. The average Bonchev–Trinajstić information content (AvgIpc) is 2.70. The second kappa shape index (κ2) is 5.85. The van der Waals surface area contributed by atoms with Crippen LogP contribution in [-0.4, -0.2) is 39.4 Å². The number of imidazole rings is 1. The number of hydrogen-bond acceptors (Lipinski definition) is 5. The molecular weight excluding hydrogens is 270 g/mol. The van der Waals surface area contributed by atoms with Gasteiger partial charge in [-0.3, -0.25) is 9.36 Å². The standard InChI is InChI=1S/C14H23N5O2/c1-14(2,3)8-19-9-16-11-10(12(19)20)18(4)13(17-11)15-6-7-21-5/h9H,6-8H2,1-5H3,(H,15,17). The maximum Gasteiger partial charge on any atom is 0.279 e. The van der Waals surface area contributed by atoms with Gasteiger partial charge >= 0.3 is 0 Å². The number of nitrogens with zero attached hydrogens (tertiary/aromatic N) is 4. The molecule has 0 saturated carbocycles. The Morgan fingerprint density at radius 3 is 2.71 bits per heavy atom. The fraction of sp³-hybridized carbons (Fsp3) is 0.643. The Morgan fingerprint density at radius 2 is 2.10 bits per heavy atom. The van der Waals surface area contributed by atoms with Crippen molar-refractivity contribution in [2.75, 3.05) is 25.6 Å². The van der Waals surface area contributed by atoms with Crippen LogP contribution in [0.1, 0.15) is 20.8 Å². The zero-order chi connectivity index (χ0) is 15.6. The van der Waals surface area contributed by atoms with Crippen LogP contribution >= 0.6 is 0 Å². The van der Waals surface area contributed by atoms with Crippen LogP contribution in [0.3, 0.4) is 0 Å². The Balaban J connectivity index is 2.40. The molecule has 0 aliphatic carbocycles. The summed E-state index contributed by atoms with van der Waals surface area (Å²) in [6.45, 7) is 8.08. The third-order valence-corrected chi connectivity index (χ3v) is 3.09. The van der Waals surface area contributed by atoms with E-state index in [1.165, 1.54) is 0 Å². The van der Waals surface area contributed by atoms with Gasteiger partial charge in [-0.1, -0.05) is 20.8 Å². The van der Waals surface area contributed by atoms with Gasteiger partial charge in [-0.05, 0) is 5.41 Å². The number of hydrogen-bond donors (Lipinski definition) is 1. The molecule has 0 aromatic carbocycles. The number of rotatable bonds is 5. The van der Waals surface area contributed by atoms with E-state index in [4.69, 9.17) is 4.74 Å². The first-order valence-electron chi connectivity index (χ1n) is 6.98. The van der Waals surface area contributed by atoms with Crippen molar-refractivity contribution in [1.82, 2.24) is 19.1 Å². The van der Waals surface area contributed by atoms with Crippen LogP contribution in [0.2, 0.25) is 0 Å². The maximum absolute atomic E-state index is 12.6. The van der Waals surface area contributed by atoms with Crippen LogP contribution in [0.5, 0.6) is 0 Å². The Morgan fingerprint density at radius 1 is 1.38 bits per heavy atom. The van der Waals surface area contributed by atoms with Crippen molar-refractivity contribution in [3.63, 3.8) is 0 Å². The lowest BCUT2D eigenvalue weighted by Gasteiger charge is -2.19. The van der Waals surface area contributed by atoms with Crippen LogP contribution in [0.15, 0.2) is 11.1 Å². The number of nitrogens with one attached hydrogen (secondary N) is 1. The highest BCUT2D eigenvalue weighted by Gasteiger charge is 2.17. The zero-order valence-corrected chi connectivity index (χ0v) is 13.3. The molecule has 0 fully saturated rings. The zero-order valence-electron chi connectivity index (χ0n) is 13.3. The summed E-state index contributed by atoms with van der Waals surface area (Å²) in [5.74, 6) is 0.625. The fourth-order valence-electron chi connectivity index (χ4n) is 2.17. The van der Waals surface area contributed by atoms with E-state index in [1.807, 2.05) is 7.05 Å². The number of aryl methyl sites for hydroxylation is 1. The third-order valence-electron chi connectivity index (χ3n) is 3.09. The number of fused-ring (bicyclic) bond motifs is 1. The Hall–Kier alpha value is -1.89. The van der Waals surface area contributed by atoms with E-state index in [0.717, 1.165) is 0 Å². The minimum absolute atomic E-state index is 0.0112. The summed E-state index contributed by atoms with van der Waals surface area (Å²) in [6.07, 6.45) is 1.57. The van der Waals surface area contributed by atoms with Crippen molar-refractivity contribution in [2.24, 2.45) is 12.5 Å². The molecule has 21 heavy (non-hydrogen) atoms. The molecule has 0 amide bonds. The van der Waals surface area contributed by atoms with Crippen LogP contribution in [0, 0.1) is 5.41 Å². The molecular formula is C14H23N5O2. The van der Waals surface area contributed by atoms with Crippen molar-refractivity contribution in [1.29, 1.82) is 0 Å². The molecule has 2 aromatic rings. The summed E-state index contributed by atoms with van der Waals surface area (Å²) in [5.41, 5.74) is 0.927. The fourth-order valence-corrected chi connectivity index (χ4v) is 2.17. The minimum Gasteiger partial charge on any atom is -0.383 e. The normalized spacial score (nSPS) is 12.0. The van der Waals surface area contributed by atoms with E-state index in [9.17, 15) is 4.79 Å². The SMILES string of the molecule is COCCNc1nc2ncn(CC(C)(C)C)c(=O)c2n1C. The molecule has 2 rings (SSSR count). The van der Waals surface area contributed by atoms with E-state index in [0.29, 0.717) is 36.8 Å². The van der Waals surface area contributed by atoms with Gasteiger partial charge in [-0.15, -0.1) is 0 Å². The van der Waals surface area contributed by atoms with Gasteiger partial charge in [-0.25, -0.2) is 4.98 Å². The lowest BCUT2D eigenvalue weighted by Crippen LogP contribution is -2.28. The maximum atomic E-state index is 12.6. The molecule has 7 nitrogen and oxygen atoms in total. The number of methoxy groups -OCH3 is 1. The first kappa shape index (κ1) is 15.5. The molecule has 0 aliphatic rings. The predicted molar refractivity (Wildman–Crippen MR) is 82.6 cm³/mol. The molecule has 0 radical (unpaired) electrons. The molecule has 0 aliphatic heterocycles. The first-order valence-corrected chi connectivity index (χ1v) is 6.98. The summed E-state index contributed by atoms with van der Waals surface area (Å²) in [6, 6.07) is 0. The molecule has 1 N–H and O–H groups in total. The summed E-state index contributed by atoms with van der Waals surface area (Å²) < 4.78 is 8.39. The van der Waals surface area contributed by atoms with Crippen LogP contribution < -0.4 is 10.9 Å². The molecule has 116 valence electrons. The van der Waals surface area contributed by atoms with E-state index >= 15 is 0 Å². The average molecular weight is 293 g/mol. The van der Waals surface area contributed by atoms with Gasteiger partial charge < -0.3 is 14.6 Å². The highest BCUT2D eigenvalue weighted by Crippen LogP contribution is 2.16. The molecule has 0 spiro atoms. The van der Waals surface area contributed by atoms with Gasteiger partial charge in [0.15, 0.2) is 11.2 Å². The van der Waals surface area contributed by atoms with Crippen LogP contribution in [0.4, 0.5) is 5.95 Å². The lowest BCUT2D eigenvalue weighted by atomic mass is 9.97. The van der Waals surface area contributed by atoms with E-state index in [1.54, 1.807) is 22.6 Å². The van der Waals surface area contributed by atoms with Gasteiger partial charge in [0.25, 0.3) is 5.56 Å². The topological polar surface area (TPSA) is 74.0 Å². The minimum atomic E-state index is -0.0651. The van der Waals surface area contributed by atoms with Crippen LogP contribution in [0.25, 0.3) is 11.2 Å². The summed E-state index contributed by atoms with van der Waals surface area (Å²) in [4.78, 5) is 21.2. The van der Waals surface area contributed by atoms with E-state index in [2.05, 4.69) is 36.1 Å². The van der Waals surface area contributed by atoms with Crippen molar-refractivity contribution >= 4 is 17.1 Å². The van der Waals surface area contributed by atoms with Crippen molar-refractivity contribution < 1.29 is 4.74 Å². The molecule has 0 atom stereocenters. The predicted octanol–water partition coefficient (Wildman–Crippen LogP) is 1.23. The Labute approximate surface area is 124 Å².